The van der Waals surface area contributed by atoms with E-state index >= 15 is 4.39 Å². The molecule has 37 heavy (non-hydrogen) atoms. The number of ether oxygens (including phenoxy) is 3. The van der Waals surface area contributed by atoms with Crippen molar-refractivity contribution in [3.05, 3.63) is 47.8 Å². The molecule has 1 saturated carbocycles. The lowest BCUT2D eigenvalue weighted by molar-refractivity contribution is 0.00794. The molecule has 3 fully saturated rings. The van der Waals surface area contributed by atoms with E-state index in [4.69, 9.17) is 14.2 Å². The molecule has 4 atom stereocenters. The number of hydrogen-bond donors (Lipinski definition) is 2. The number of nitrogens with zero attached hydrogens (tertiary/aromatic N) is 1. The Hall–Kier alpha value is -2.53. The van der Waals surface area contributed by atoms with Gasteiger partial charge in [0.15, 0.2) is 17.8 Å². The zero-order valence-electron chi connectivity index (χ0n) is 20.6. The van der Waals surface area contributed by atoms with Gasteiger partial charge in [0.05, 0.1) is 30.0 Å². The van der Waals surface area contributed by atoms with Gasteiger partial charge in [0.1, 0.15) is 33.8 Å². The monoisotopic (exact) mass is 530 g/mol. The van der Waals surface area contributed by atoms with E-state index in [1.807, 2.05) is 24.3 Å². The number of fused-ring (bicyclic) bond motifs is 2. The van der Waals surface area contributed by atoms with Crippen molar-refractivity contribution in [1.82, 2.24) is 9.97 Å². The summed E-state index contributed by atoms with van der Waals surface area (Å²) < 4.78 is 55.5. The summed E-state index contributed by atoms with van der Waals surface area (Å²) in [5, 5.41) is 9.92. The van der Waals surface area contributed by atoms with Crippen LogP contribution in [0.1, 0.15) is 37.2 Å². The third kappa shape index (κ3) is 5.12. The van der Waals surface area contributed by atoms with E-state index < -0.39 is 21.8 Å². The van der Waals surface area contributed by atoms with E-state index in [1.165, 1.54) is 17.9 Å². The SMILES string of the molecule is CS(=O)(=O)CC1CCC(c2ccc(-c3nc4cc(O[C@@H]5CO[C@H]6[C@@H]5OC[C@H]6O)[nH]c4cc3F)cc2)CC1. The predicted molar refractivity (Wildman–Crippen MR) is 136 cm³/mol. The first kappa shape index (κ1) is 24.8. The summed E-state index contributed by atoms with van der Waals surface area (Å²) in [4.78, 5) is 7.63. The molecule has 0 bridgehead atoms. The lowest BCUT2D eigenvalue weighted by atomic mass is 9.79. The molecular weight excluding hydrogens is 499 g/mol. The lowest BCUT2D eigenvalue weighted by Gasteiger charge is -2.28. The Morgan fingerprint density at radius 2 is 1.81 bits per heavy atom. The molecule has 0 unspecified atom stereocenters. The number of sulfone groups is 1. The van der Waals surface area contributed by atoms with Gasteiger partial charge in [-0.3, -0.25) is 0 Å². The van der Waals surface area contributed by atoms with Gasteiger partial charge in [0, 0.05) is 24.0 Å². The quantitative estimate of drug-likeness (QED) is 0.501. The van der Waals surface area contributed by atoms with Crippen LogP contribution in [-0.4, -0.2) is 73.1 Å². The Labute approximate surface area is 215 Å². The number of benzene rings is 1. The van der Waals surface area contributed by atoms with Gasteiger partial charge < -0.3 is 24.3 Å². The maximum absolute atomic E-state index is 15.0. The van der Waals surface area contributed by atoms with Gasteiger partial charge in [-0.05, 0) is 43.1 Å². The fourth-order valence-electron chi connectivity index (χ4n) is 5.98. The van der Waals surface area contributed by atoms with Crippen LogP contribution in [0.4, 0.5) is 4.39 Å². The fraction of sp³-hybridized carbons (Fsp3) is 0.519. The summed E-state index contributed by atoms with van der Waals surface area (Å²) in [7, 11) is -2.95. The Morgan fingerprint density at radius 3 is 2.54 bits per heavy atom. The minimum Gasteiger partial charge on any atom is -0.470 e. The number of aromatic nitrogens is 2. The molecule has 8 nitrogen and oxygen atoms in total. The molecule has 198 valence electrons. The average molecular weight is 531 g/mol. The van der Waals surface area contributed by atoms with Crippen molar-refractivity contribution >= 4 is 20.9 Å². The van der Waals surface area contributed by atoms with Crippen LogP contribution < -0.4 is 4.74 Å². The minimum atomic E-state index is -2.95. The van der Waals surface area contributed by atoms with Gasteiger partial charge in [-0.15, -0.1) is 0 Å². The largest absolute Gasteiger partial charge is 0.470 e. The van der Waals surface area contributed by atoms with Crippen LogP contribution in [0.15, 0.2) is 36.4 Å². The molecule has 0 spiro atoms. The second kappa shape index (κ2) is 9.65. The topological polar surface area (TPSA) is 111 Å². The second-order valence-corrected chi connectivity index (χ2v) is 12.8. The van der Waals surface area contributed by atoms with E-state index in [9.17, 15) is 13.5 Å². The van der Waals surface area contributed by atoms with Crippen molar-refractivity contribution < 1.29 is 32.1 Å². The van der Waals surface area contributed by atoms with Crippen molar-refractivity contribution in [1.29, 1.82) is 0 Å². The molecule has 1 aliphatic carbocycles. The van der Waals surface area contributed by atoms with Crippen LogP contribution in [0.3, 0.4) is 0 Å². The van der Waals surface area contributed by atoms with Crippen LogP contribution in [0, 0.1) is 11.7 Å². The van der Waals surface area contributed by atoms with E-state index in [0.29, 0.717) is 35.0 Å². The van der Waals surface area contributed by atoms with Crippen LogP contribution in [-0.2, 0) is 19.3 Å². The van der Waals surface area contributed by atoms with E-state index in [-0.39, 0.29) is 42.3 Å². The number of aliphatic hydroxyl groups excluding tert-OH is 1. The normalized spacial score (nSPS) is 30.0. The highest BCUT2D eigenvalue weighted by Crippen LogP contribution is 2.37. The zero-order chi connectivity index (χ0) is 25.7. The van der Waals surface area contributed by atoms with Gasteiger partial charge in [0.25, 0.3) is 0 Å². The number of hydrogen-bond acceptors (Lipinski definition) is 7. The molecule has 1 aromatic carbocycles. The maximum atomic E-state index is 15.0. The second-order valence-electron chi connectivity index (χ2n) is 10.6. The van der Waals surface area contributed by atoms with Crippen LogP contribution in [0.2, 0.25) is 0 Å². The van der Waals surface area contributed by atoms with Crippen molar-refractivity contribution in [2.45, 2.75) is 56.0 Å². The number of H-pyrrole nitrogens is 1. The van der Waals surface area contributed by atoms with E-state index in [1.54, 1.807) is 6.07 Å². The smallest absolute Gasteiger partial charge is 0.193 e. The van der Waals surface area contributed by atoms with Crippen LogP contribution in [0.5, 0.6) is 5.88 Å². The van der Waals surface area contributed by atoms with Gasteiger partial charge in [-0.25, -0.2) is 17.8 Å². The molecular formula is C27H31FN2O6S. The molecule has 2 saturated heterocycles. The summed E-state index contributed by atoms with van der Waals surface area (Å²) in [6.07, 6.45) is 3.30. The maximum Gasteiger partial charge on any atom is 0.193 e. The highest BCUT2D eigenvalue weighted by atomic mass is 32.2. The average Bonchev–Trinajstić information content (AvgIpc) is 3.55. The minimum absolute atomic E-state index is 0.223. The zero-order valence-corrected chi connectivity index (χ0v) is 21.4. The molecule has 10 heteroatoms. The molecule has 4 heterocycles. The molecule has 0 radical (unpaired) electrons. The molecule has 6 rings (SSSR count). The summed E-state index contributed by atoms with van der Waals surface area (Å²) in [5.41, 5.74) is 3.27. The fourth-order valence-corrected chi connectivity index (χ4v) is 7.17. The van der Waals surface area contributed by atoms with Gasteiger partial charge in [-0.2, -0.15) is 0 Å². The van der Waals surface area contributed by atoms with Crippen LogP contribution >= 0.6 is 0 Å². The van der Waals surface area contributed by atoms with Gasteiger partial charge in [-0.1, -0.05) is 24.3 Å². The molecule has 2 aromatic heterocycles. The highest BCUT2D eigenvalue weighted by Gasteiger charge is 2.48. The summed E-state index contributed by atoms with van der Waals surface area (Å²) in [6, 6.07) is 11.0. The van der Waals surface area contributed by atoms with E-state index in [0.717, 1.165) is 25.7 Å². The number of nitrogens with one attached hydrogen (secondary N) is 1. The third-order valence-corrected chi connectivity index (χ3v) is 8.91. The first-order valence-corrected chi connectivity index (χ1v) is 14.8. The molecule has 3 aromatic rings. The highest BCUT2D eigenvalue weighted by molar-refractivity contribution is 7.90. The number of aliphatic hydroxyl groups is 1. The van der Waals surface area contributed by atoms with Crippen molar-refractivity contribution in [2.24, 2.45) is 5.92 Å². The first-order chi connectivity index (χ1) is 17.7. The first-order valence-electron chi connectivity index (χ1n) is 12.8. The Kier molecular flexibility index (Phi) is 6.46. The standard InChI is InChI=1S/C27H31FN2O6S/c1-37(32,33)14-15-2-4-16(5-3-15)17-6-8-18(9-7-17)25-19(28)10-20-21(30-25)11-24(29-20)36-23-13-35-26-22(31)12-34-27(23)26/h6-11,15-16,22-23,26-27,29,31H,2-5,12-14H2,1H3/t15?,16?,22-,23-,26-,27-/m1/s1. The Morgan fingerprint density at radius 1 is 1.08 bits per heavy atom. The molecule has 2 N–H and O–H groups in total. The van der Waals surface area contributed by atoms with Crippen molar-refractivity contribution in [2.75, 3.05) is 25.2 Å². The summed E-state index contributed by atoms with van der Waals surface area (Å²) in [5.74, 6) is 0.913. The molecule has 3 aliphatic rings. The Bertz CT molecular complexity index is 1380. The number of rotatable bonds is 6. The number of pyridine rings is 1. The number of halogens is 1. The van der Waals surface area contributed by atoms with Crippen molar-refractivity contribution in [3.63, 3.8) is 0 Å². The lowest BCUT2D eigenvalue weighted by Crippen LogP contribution is -2.34. The third-order valence-electron chi connectivity index (χ3n) is 7.83. The van der Waals surface area contributed by atoms with Gasteiger partial charge >= 0.3 is 0 Å². The summed E-state index contributed by atoms with van der Waals surface area (Å²) >= 11 is 0. The predicted octanol–water partition coefficient (Wildman–Crippen LogP) is 3.59. The molecule has 2 aliphatic heterocycles. The van der Waals surface area contributed by atoms with E-state index in [2.05, 4.69) is 9.97 Å². The number of aromatic amines is 1. The summed E-state index contributed by atoms with van der Waals surface area (Å²) in [6.45, 7) is 0.530. The molecule has 0 amide bonds. The van der Waals surface area contributed by atoms with Gasteiger partial charge in [0.2, 0.25) is 0 Å². The van der Waals surface area contributed by atoms with Crippen LogP contribution in [0.25, 0.3) is 22.3 Å². The Balaban J connectivity index is 1.15. The van der Waals surface area contributed by atoms with Crippen molar-refractivity contribution in [3.8, 4) is 17.1 Å².